The summed E-state index contributed by atoms with van der Waals surface area (Å²) in [6.07, 6.45) is 0.725. The lowest BCUT2D eigenvalue weighted by Gasteiger charge is -2.19. The van der Waals surface area contributed by atoms with Crippen molar-refractivity contribution in [1.29, 1.82) is 0 Å². The number of carbonyl (C=O) groups excluding carboxylic acids is 1. The Balaban J connectivity index is 0.00000220. The molecule has 0 aliphatic carbocycles. The highest BCUT2D eigenvalue weighted by atomic mass is 35.5. The molecule has 1 heterocycles. The van der Waals surface area contributed by atoms with E-state index in [2.05, 4.69) is 4.98 Å². The van der Waals surface area contributed by atoms with Gasteiger partial charge >= 0.3 is 0 Å². The lowest BCUT2D eigenvalue weighted by molar-refractivity contribution is 0.0747. The van der Waals surface area contributed by atoms with Crippen LogP contribution in [-0.4, -0.2) is 28.9 Å². The molecule has 0 aliphatic rings. The van der Waals surface area contributed by atoms with Gasteiger partial charge in [0.1, 0.15) is 5.69 Å². The van der Waals surface area contributed by atoms with Gasteiger partial charge in [-0.1, -0.05) is 30.3 Å². The Bertz CT molecular complexity index is 559. The lowest BCUT2D eigenvalue weighted by atomic mass is 10.2. The predicted octanol–water partition coefficient (Wildman–Crippen LogP) is 2.73. The summed E-state index contributed by atoms with van der Waals surface area (Å²) in [6, 6.07) is 9.99. The maximum Gasteiger partial charge on any atom is 0.273 e. The van der Waals surface area contributed by atoms with Crippen molar-refractivity contribution in [2.24, 2.45) is 5.73 Å². The van der Waals surface area contributed by atoms with Crippen LogP contribution in [0.4, 0.5) is 0 Å². The summed E-state index contributed by atoms with van der Waals surface area (Å²) in [7, 11) is 0. The number of halogens is 1. The van der Waals surface area contributed by atoms with Crippen molar-refractivity contribution >= 4 is 29.7 Å². The van der Waals surface area contributed by atoms with E-state index in [0.29, 0.717) is 25.3 Å². The number of amides is 1. The molecule has 2 N–H and O–H groups in total. The second kappa shape index (κ2) is 8.77. The van der Waals surface area contributed by atoms with Crippen molar-refractivity contribution in [1.82, 2.24) is 9.88 Å². The fraction of sp³-hybridized carbons (Fsp3) is 0.333. The van der Waals surface area contributed by atoms with E-state index in [9.17, 15) is 4.79 Å². The van der Waals surface area contributed by atoms with Crippen molar-refractivity contribution in [2.45, 2.75) is 19.9 Å². The lowest BCUT2D eigenvalue weighted by Crippen LogP contribution is -2.30. The quantitative estimate of drug-likeness (QED) is 0.888. The fourth-order valence-corrected chi connectivity index (χ4v) is 2.73. The number of hydrogen-bond donors (Lipinski definition) is 1. The van der Waals surface area contributed by atoms with E-state index in [-0.39, 0.29) is 18.3 Å². The van der Waals surface area contributed by atoms with Crippen LogP contribution in [0.3, 0.4) is 0 Å². The maximum absolute atomic E-state index is 12.4. The van der Waals surface area contributed by atoms with Gasteiger partial charge in [0.05, 0.1) is 5.01 Å². The van der Waals surface area contributed by atoms with Crippen LogP contribution in [0.2, 0.25) is 0 Å². The molecule has 114 valence electrons. The van der Waals surface area contributed by atoms with Gasteiger partial charge in [0, 0.05) is 24.9 Å². The fourth-order valence-electron chi connectivity index (χ4n) is 1.94. The van der Waals surface area contributed by atoms with Crippen LogP contribution in [0.5, 0.6) is 0 Å². The first kappa shape index (κ1) is 17.6. The van der Waals surface area contributed by atoms with Gasteiger partial charge in [-0.05, 0) is 19.0 Å². The summed E-state index contributed by atoms with van der Waals surface area (Å²) in [6.45, 7) is 3.81. The zero-order valence-corrected chi connectivity index (χ0v) is 13.6. The highest BCUT2D eigenvalue weighted by molar-refractivity contribution is 7.09. The molecule has 0 radical (unpaired) electrons. The zero-order valence-electron chi connectivity index (χ0n) is 12.0. The topological polar surface area (TPSA) is 59.2 Å². The number of aromatic nitrogens is 1. The Morgan fingerprint density at radius 2 is 2.05 bits per heavy atom. The molecular weight excluding hydrogens is 306 g/mol. The third-order valence-corrected chi connectivity index (χ3v) is 3.92. The number of nitrogens with zero attached hydrogens (tertiary/aromatic N) is 2. The molecule has 0 unspecified atom stereocenters. The van der Waals surface area contributed by atoms with Gasteiger partial charge in [0.15, 0.2) is 0 Å². The molecule has 4 nitrogen and oxygen atoms in total. The Labute approximate surface area is 135 Å². The molecule has 1 aromatic heterocycles. The molecule has 2 aromatic rings. The highest BCUT2D eigenvalue weighted by Crippen LogP contribution is 2.14. The first-order chi connectivity index (χ1) is 9.74. The van der Waals surface area contributed by atoms with Gasteiger partial charge in [0.25, 0.3) is 5.91 Å². The summed E-state index contributed by atoms with van der Waals surface area (Å²) < 4.78 is 0. The molecule has 0 aliphatic heterocycles. The predicted molar refractivity (Wildman–Crippen MR) is 89.0 cm³/mol. The molecule has 6 heteroatoms. The standard InChI is InChI=1S/C15H19N3OS.ClH/c1-2-18(10-12-6-4-3-5-7-12)15(19)13-11-20-14(17-13)8-9-16;/h3-7,11H,2,8-10,16H2,1H3;1H. The van der Waals surface area contributed by atoms with Gasteiger partial charge in [-0.25, -0.2) is 4.98 Å². The summed E-state index contributed by atoms with van der Waals surface area (Å²) in [5.74, 6) is -0.0177. The smallest absolute Gasteiger partial charge is 0.273 e. The van der Waals surface area contributed by atoms with Crippen LogP contribution in [0, 0.1) is 0 Å². The minimum absolute atomic E-state index is 0. The van der Waals surface area contributed by atoms with Gasteiger partial charge in [-0.3, -0.25) is 4.79 Å². The first-order valence-corrected chi connectivity index (χ1v) is 7.60. The summed E-state index contributed by atoms with van der Waals surface area (Å²) in [5, 5.41) is 2.74. The van der Waals surface area contributed by atoms with Crippen LogP contribution < -0.4 is 5.73 Å². The van der Waals surface area contributed by atoms with E-state index in [1.165, 1.54) is 11.3 Å². The van der Waals surface area contributed by atoms with Crippen LogP contribution in [-0.2, 0) is 13.0 Å². The van der Waals surface area contributed by atoms with Crippen molar-refractivity contribution < 1.29 is 4.79 Å². The van der Waals surface area contributed by atoms with E-state index in [4.69, 9.17) is 5.73 Å². The largest absolute Gasteiger partial charge is 0.333 e. The monoisotopic (exact) mass is 325 g/mol. The second-order valence-corrected chi connectivity index (χ2v) is 5.41. The van der Waals surface area contributed by atoms with Gasteiger partial charge in [-0.15, -0.1) is 23.7 Å². The molecule has 2 rings (SSSR count). The molecule has 0 spiro atoms. The van der Waals surface area contributed by atoms with Crippen LogP contribution in [0.15, 0.2) is 35.7 Å². The van der Waals surface area contributed by atoms with E-state index < -0.39 is 0 Å². The van der Waals surface area contributed by atoms with Gasteiger partial charge in [0.2, 0.25) is 0 Å². The summed E-state index contributed by atoms with van der Waals surface area (Å²) in [4.78, 5) is 18.6. The van der Waals surface area contributed by atoms with Crippen molar-refractivity contribution in [2.75, 3.05) is 13.1 Å². The number of carbonyl (C=O) groups is 1. The number of hydrogen-bond acceptors (Lipinski definition) is 4. The third kappa shape index (κ3) is 4.81. The molecule has 0 saturated carbocycles. The molecule has 0 saturated heterocycles. The van der Waals surface area contributed by atoms with Crippen LogP contribution in [0.25, 0.3) is 0 Å². The number of nitrogens with two attached hydrogens (primary N) is 1. The average molecular weight is 326 g/mol. The number of benzene rings is 1. The van der Waals surface area contributed by atoms with E-state index in [1.54, 1.807) is 4.90 Å². The Morgan fingerprint density at radius 3 is 2.67 bits per heavy atom. The molecule has 1 amide bonds. The second-order valence-electron chi connectivity index (χ2n) is 4.47. The Morgan fingerprint density at radius 1 is 1.33 bits per heavy atom. The summed E-state index contributed by atoms with van der Waals surface area (Å²) in [5.41, 5.74) is 7.15. The minimum Gasteiger partial charge on any atom is -0.333 e. The number of rotatable bonds is 6. The Kier molecular flexibility index (Phi) is 7.36. The minimum atomic E-state index is -0.0177. The first-order valence-electron chi connectivity index (χ1n) is 6.72. The molecule has 0 fully saturated rings. The summed E-state index contributed by atoms with van der Waals surface area (Å²) >= 11 is 1.50. The molecule has 21 heavy (non-hydrogen) atoms. The number of thiazole rings is 1. The van der Waals surface area contributed by atoms with Crippen LogP contribution >= 0.6 is 23.7 Å². The van der Waals surface area contributed by atoms with Gasteiger partial charge < -0.3 is 10.6 Å². The molecule has 0 atom stereocenters. The maximum atomic E-state index is 12.4. The third-order valence-electron chi connectivity index (χ3n) is 3.01. The molecule has 1 aromatic carbocycles. The van der Waals surface area contributed by atoms with Crippen molar-refractivity contribution in [3.05, 3.63) is 52.0 Å². The van der Waals surface area contributed by atoms with Crippen molar-refractivity contribution in [3.8, 4) is 0 Å². The van der Waals surface area contributed by atoms with Gasteiger partial charge in [-0.2, -0.15) is 0 Å². The average Bonchev–Trinajstić information content (AvgIpc) is 2.94. The SMILES string of the molecule is CCN(Cc1ccccc1)C(=O)c1csc(CCN)n1.Cl. The van der Waals surface area contributed by atoms with E-state index in [0.717, 1.165) is 17.0 Å². The van der Waals surface area contributed by atoms with E-state index in [1.807, 2.05) is 42.6 Å². The Hall–Kier alpha value is -1.43. The molecular formula is C15H20ClN3OS. The highest BCUT2D eigenvalue weighted by Gasteiger charge is 2.17. The normalized spacial score (nSPS) is 10.0. The van der Waals surface area contributed by atoms with Crippen molar-refractivity contribution in [3.63, 3.8) is 0 Å². The van der Waals surface area contributed by atoms with Crippen LogP contribution in [0.1, 0.15) is 28.0 Å². The van der Waals surface area contributed by atoms with E-state index >= 15 is 0 Å². The zero-order chi connectivity index (χ0) is 14.4. The molecule has 0 bridgehead atoms.